The van der Waals surface area contributed by atoms with Crippen LogP contribution in [0.5, 0.6) is 0 Å². The van der Waals surface area contributed by atoms with Crippen molar-refractivity contribution in [3.63, 3.8) is 0 Å². The van der Waals surface area contributed by atoms with Crippen molar-refractivity contribution >= 4 is 15.7 Å². The third-order valence-electron chi connectivity index (χ3n) is 2.85. The topological polar surface area (TPSA) is 74.8 Å². The second-order valence-corrected chi connectivity index (χ2v) is 6.02. The van der Waals surface area contributed by atoms with Crippen molar-refractivity contribution in [2.45, 2.75) is 31.6 Å². The lowest BCUT2D eigenvalue weighted by Gasteiger charge is -2.11. The number of para-hydroxylation sites is 1. The number of aromatic amines is 1. The van der Waals surface area contributed by atoms with Crippen LogP contribution < -0.4 is 4.72 Å². The van der Waals surface area contributed by atoms with E-state index in [1.807, 2.05) is 18.2 Å². The highest BCUT2D eigenvalue weighted by atomic mass is 32.2. The SMILES string of the molecule is CCCc1ccccc1NS(=O)(=O)c1cn[nH]c1C. The first-order valence-electron chi connectivity index (χ1n) is 6.15. The number of rotatable bonds is 5. The predicted octanol–water partition coefficient (Wildman–Crippen LogP) is 2.47. The Bertz CT molecular complexity index is 662. The van der Waals surface area contributed by atoms with Gasteiger partial charge in [0.05, 0.1) is 17.6 Å². The van der Waals surface area contributed by atoms with Crippen LogP contribution in [0.3, 0.4) is 0 Å². The number of hydrogen-bond donors (Lipinski definition) is 2. The third-order valence-corrected chi connectivity index (χ3v) is 4.33. The summed E-state index contributed by atoms with van der Waals surface area (Å²) >= 11 is 0. The molecule has 5 nitrogen and oxygen atoms in total. The van der Waals surface area contributed by atoms with Crippen LogP contribution in [0.1, 0.15) is 24.6 Å². The van der Waals surface area contributed by atoms with Gasteiger partial charge in [0.15, 0.2) is 0 Å². The number of aryl methyl sites for hydroxylation is 2. The smallest absolute Gasteiger partial charge is 0.265 e. The van der Waals surface area contributed by atoms with E-state index in [1.54, 1.807) is 13.0 Å². The Kier molecular flexibility index (Phi) is 3.90. The number of H-pyrrole nitrogens is 1. The molecule has 0 radical (unpaired) electrons. The minimum Gasteiger partial charge on any atom is -0.281 e. The molecule has 102 valence electrons. The first kappa shape index (κ1) is 13.6. The van der Waals surface area contributed by atoms with Gasteiger partial charge in [-0.2, -0.15) is 5.10 Å². The van der Waals surface area contributed by atoms with Gasteiger partial charge in [-0.3, -0.25) is 9.82 Å². The van der Waals surface area contributed by atoms with E-state index in [1.165, 1.54) is 6.20 Å². The zero-order valence-electron chi connectivity index (χ0n) is 11.0. The van der Waals surface area contributed by atoms with Crippen molar-refractivity contribution in [3.8, 4) is 0 Å². The fourth-order valence-electron chi connectivity index (χ4n) is 1.92. The largest absolute Gasteiger partial charge is 0.281 e. The van der Waals surface area contributed by atoms with Crippen LogP contribution in [0.15, 0.2) is 35.4 Å². The van der Waals surface area contributed by atoms with Gasteiger partial charge in [-0.1, -0.05) is 31.5 Å². The van der Waals surface area contributed by atoms with Crippen molar-refractivity contribution in [2.75, 3.05) is 4.72 Å². The highest BCUT2D eigenvalue weighted by Crippen LogP contribution is 2.21. The second kappa shape index (κ2) is 5.44. The van der Waals surface area contributed by atoms with Crippen molar-refractivity contribution in [2.24, 2.45) is 0 Å². The number of aromatic nitrogens is 2. The van der Waals surface area contributed by atoms with Crippen molar-refractivity contribution in [1.29, 1.82) is 0 Å². The molecule has 0 saturated carbocycles. The molecule has 0 atom stereocenters. The molecular weight excluding hydrogens is 262 g/mol. The molecular formula is C13H17N3O2S. The molecule has 2 aromatic rings. The lowest BCUT2D eigenvalue weighted by atomic mass is 10.1. The van der Waals surface area contributed by atoms with Gasteiger partial charge in [0.2, 0.25) is 0 Å². The molecule has 0 fully saturated rings. The summed E-state index contributed by atoms with van der Waals surface area (Å²) in [7, 11) is -3.59. The molecule has 0 amide bonds. The monoisotopic (exact) mass is 279 g/mol. The summed E-state index contributed by atoms with van der Waals surface area (Å²) in [6.07, 6.45) is 3.12. The van der Waals surface area contributed by atoms with Crippen molar-refractivity contribution < 1.29 is 8.42 Å². The molecule has 19 heavy (non-hydrogen) atoms. The minimum absolute atomic E-state index is 0.179. The van der Waals surface area contributed by atoms with Crippen LogP contribution in [0.4, 0.5) is 5.69 Å². The van der Waals surface area contributed by atoms with Crippen molar-refractivity contribution in [1.82, 2.24) is 10.2 Å². The predicted molar refractivity (Wildman–Crippen MR) is 74.6 cm³/mol. The van der Waals surface area contributed by atoms with Crippen LogP contribution in [0.2, 0.25) is 0 Å². The van der Waals surface area contributed by atoms with Gasteiger partial charge >= 0.3 is 0 Å². The molecule has 1 aromatic carbocycles. The summed E-state index contributed by atoms with van der Waals surface area (Å²) in [4.78, 5) is 0.179. The molecule has 6 heteroatoms. The zero-order valence-corrected chi connectivity index (χ0v) is 11.8. The van der Waals surface area contributed by atoms with E-state index in [9.17, 15) is 8.42 Å². The molecule has 1 aromatic heterocycles. The van der Waals surface area contributed by atoms with E-state index < -0.39 is 10.0 Å². The van der Waals surface area contributed by atoms with Gasteiger partial charge in [-0.25, -0.2) is 8.42 Å². The lowest BCUT2D eigenvalue weighted by Crippen LogP contribution is -2.14. The molecule has 0 saturated heterocycles. The van der Waals surface area contributed by atoms with Crippen LogP contribution in [0.25, 0.3) is 0 Å². The summed E-state index contributed by atoms with van der Waals surface area (Å²) in [5, 5.41) is 6.38. The maximum absolute atomic E-state index is 12.3. The van der Waals surface area contributed by atoms with Gasteiger partial charge in [-0.15, -0.1) is 0 Å². The van der Waals surface area contributed by atoms with Crippen LogP contribution in [0, 0.1) is 6.92 Å². The van der Waals surface area contributed by atoms with Crippen LogP contribution in [-0.2, 0) is 16.4 Å². The molecule has 0 aliphatic rings. The van der Waals surface area contributed by atoms with E-state index in [-0.39, 0.29) is 4.90 Å². The summed E-state index contributed by atoms with van der Waals surface area (Å²) in [6, 6.07) is 7.44. The van der Waals surface area contributed by atoms with Crippen molar-refractivity contribution in [3.05, 3.63) is 41.7 Å². The molecule has 0 spiro atoms. The fraction of sp³-hybridized carbons (Fsp3) is 0.308. The second-order valence-electron chi connectivity index (χ2n) is 4.37. The maximum atomic E-state index is 12.3. The first-order valence-corrected chi connectivity index (χ1v) is 7.63. The number of benzene rings is 1. The number of hydrogen-bond acceptors (Lipinski definition) is 3. The van der Waals surface area contributed by atoms with Gasteiger partial charge in [0, 0.05) is 0 Å². The number of nitrogens with zero attached hydrogens (tertiary/aromatic N) is 1. The molecule has 1 heterocycles. The average molecular weight is 279 g/mol. The normalized spacial score (nSPS) is 11.5. The van der Waals surface area contributed by atoms with Gasteiger partial charge < -0.3 is 0 Å². The Balaban J connectivity index is 2.34. The van der Waals surface area contributed by atoms with Gasteiger partial charge in [0.1, 0.15) is 4.90 Å². The van der Waals surface area contributed by atoms with Gasteiger partial charge in [0.25, 0.3) is 10.0 Å². The summed E-state index contributed by atoms with van der Waals surface area (Å²) in [6.45, 7) is 3.74. The lowest BCUT2D eigenvalue weighted by molar-refractivity contribution is 0.600. The maximum Gasteiger partial charge on any atom is 0.265 e. The highest BCUT2D eigenvalue weighted by molar-refractivity contribution is 7.92. The summed E-state index contributed by atoms with van der Waals surface area (Å²) < 4.78 is 27.2. The van der Waals surface area contributed by atoms with Crippen LogP contribution >= 0.6 is 0 Å². The Morgan fingerprint density at radius 1 is 1.32 bits per heavy atom. The standard InChI is InChI=1S/C13H17N3O2S/c1-3-6-11-7-4-5-8-12(11)16-19(17,18)13-9-14-15-10(13)2/h4-5,7-9,16H,3,6H2,1-2H3,(H,14,15). The molecule has 0 unspecified atom stereocenters. The van der Waals surface area contributed by atoms with E-state index >= 15 is 0 Å². The summed E-state index contributed by atoms with van der Waals surface area (Å²) in [5.41, 5.74) is 2.15. The Morgan fingerprint density at radius 2 is 2.05 bits per heavy atom. The molecule has 2 N–H and O–H groups in total. The Morgan fingerprint density at radius 3 is 2.68 bits per heavy atom. The zero-order chi connectivity index (χ0) is 13.9. The number of sulfonamides is 1. The molecule has 0 bridgehead atoms. The average Bonchev–Trinajstić information content (AvgIpc) is 2.79. The Labute approximate surface area is 113 Å². The number of nitrogens with one attached hydrogen (secondary N) is 2. The van der Waals surface area contributed by atoms with E-state index in [4.69, 9.17) is 0 Å². The quantitative estimate of drug-likeness (QED) is 0.883. The van der Waals surface area contributed by atoms with Gasteiger partial charge in [-0.05, 0) is 25.0 Å². The van der Waals surface area contributed by atoms with Crippen LogP contribution in [-0.4, -0.2) is 18.6 Å². The molecule has 0 aliphatic heterocycles. The number of anilines is 1. The highest BCUT2D eigenvalue weighted by Gasteiger charge is 2.19. The third kappa shape index (κ3) is 2.96. The minimum atomic E-state index is -3.59. The van der Waals surface area contributed by atoms with E-state index in [0.717, 1.165) is 18.4 Å². The summed E-state index contributed by atoms with van der Waals surface area (Å²) in [5.74, 6) is 0. The Hall–Kier alpha value is -1.82. The molecule has 0 aliphatic carbocycles. The fourth-order valence-corrected chi connectivity index (χ4v) is 3.16. The first-order chi connectivity index (χ1) is 9.04. The van der Waals surface area contributed by atoms with E-state index in [2.05, 4.69) is 21.8 Å². The van der Waals surface area contributed by atoms with E-state index in [0.29, 0.717) is 11.4 Å². The molecule has 2 rings (SSSR count).